The summed E-state index contributed by atoms with van der Waals surface area (Å²) in [4.78, 5) is 36.4. The van der Waals surface area contributed by atoms with Gasteiger partial charge in [-0.05, 0) is 91.8 Å². The number of piperidine rings is 2. The van der Waals surface area contributed by atoms with Crippen LogP contribution in [0.25, 0.3) is 0 Å². The highest BCUT2D eigenvalue weighted by molar-refractivity contribution is 6.34. The monoisotopic (exact) mass is 600 g/mol. The number of pyridine rings is 1. The molecule has 0 spiro atoms. The summed E-state index contributed by atoms with van der Waals surface area (Å²) in [7, 11) is 0. The van der Waals surface area contributed by atoms with Gasteiger partial charge >= 0.3 is 0 Å². The summed E-state index contributed by atoms with van der Waals surface area (Å²) in [6, 6.07) is 19.2. The number of nitrogens with zero attached hydrogens (tertiary/aromatic N) is 4. The predicted octanol–water partition coefficient (Wildman–Crippen LogP) is 5.94. The standard InChI is InChI=1S/C35H41ClN4O3/c36-32-23-30(6-7-31(32)34(42)40-21-14-29(24-40)27-8-15-37-16-9-27)38-17-10-25(11-18-38)22-26-12-19-39(20-13-26)35(43)33(41)28-4-2-1-3-5-28/h1-9,15-16,23,25-26,29,33,41H,10-14,17-22,24H2/t29?,33-/m1/s1. The van der Waals surface area contributed by atoms with Gasteiger partial charge in [0, 0.05) is 63.3 Å². The molecule has 3 aromatic rings. The number of likely N-dealkylation sites (tertiary alicyclic amines) is 2. The van der Waals surface area contributed by atoms with Crippen molar-refractivity contribution in [3.05, 3.63) is 94.8 Å². The summed E-state index contributed by atoms with van der Waals surface area (Å²) in [6.07, 6.45) is 8.96. The molecule has 2 amide bonds. The van der Waals surface area contributed by atoms with Crippen LogP contribution in [0.1, 0.15) is 72.0 Å². The van der Waals surface area contributed by atoms with E-state index in [9.17, 15) is 14.7 Å². The van der Waals surface area contributed by atoms with E-state index in [1.807, 2.05) is 70.7 Å². The lowest BCUT2D eigenvalue weighted by Gasteiger charge is -2.38. The molecule has 2 atom stereocenters. The maximum Gasteiger partial charge on any atom is 0.256 e. The van der Waals surface area contributed by atoms with Crippen molar-refractivity contribution in [3.63, 3.8) is 0 Å². The fourth-order valence-corrected chi connectivity index (χ4v) is 7.39. The van der Waals surface area contributed by atoms with Crippen LogP contribution in [0.2, 0.25) is 5.02 Å². The molecule has 0 aliphatic carbocycles. The highest BCUT2D eigenvalue weighted by Crippen LogP contribution is 2.34. The number of hydrogen-bond acceptors (Lipinski definition) is 5. The molecular weight excluding hydrogens is 560 g/mol. The number of rotatable bonds is 7. The molecule has 4 heterocycles. The third-order valence-electron chi connectivity index (χ3n) is 9.76. The summed E-state index contributed by atoms with van der Waals surface area (Å²) in [5.74, 6) is 1.47. The summed E-state index contributed by atoms with van der Waals surface area (Å²) < 4.78 is 0. The molecule has 1 unspecified atom stereocenters. The first-order valence-electron chi connectivity index (χ1n) is 15.7. The molecule has 43 heavy (non-hydrogen) atoms. The largest absolute Gasteiger partial charge is 0.378 e. The van der Waals surface area contributed by atoms with Gasteiger partial charge in [0.15, 0.2) is 6.10 Å². The van der Waals surface area contributed by atoms with Crippen molar-refractivity contribution in [2.45, 2.75) is 50.5 Å². The first-order chi connectivity index (χ1) is 21.0. The van der Waals surface area contributed by atoms with E-state index in [1.165, 1.54) is 12.0 Å². The summed E-state index contributed by atoms with van der Waals surface area (Å²) >= 11 is 6.70. The Balaban J connectivity index is 0.956. The van der Waals surface area contributed by atoms with Gasteiger partial charge in [-0.15, -0.1) is 0 Å². The fraction of sp³-hybridized carbons (Fsp3) is 0.457. The van der Waals surface area contributed by atoms with E-state index < -0.39 is 6.10 Å². The van der Waals surface area contributed by atoms with Crippen LogP contribution in [0.5, 0.6) is 0 Å². The highest BCUT2D eigenvalue weighted by atomic mass is 35.5. The molecule has 0 saturated carbocycles. The molecule has 1 N–H and O–H groups in total. The average Bonchev–Trinajstić information content (AvgIpc) is 3.56. The molecule has 3 fully saturated rings. The zero-order valence-corrected chi connectivity index (χ0v) is 25.4. The molecule has 226 valence electrons. The lowest BCUT2D eigenvalue weighted by molar-refractivity contribution is -0.142. The molecule has 2 aromatic carbocycles. The molecule has 8 heteroatoms. The van der Waals surface area contributed by atoms with Gasteiger partial charge in [0.05, 0.1) is 10.6 Å². The number of amides is 2. The van der Waals surface area contributed by atoms with Crippen molar-refractivity contribution >= 4 is 29.1 Å². The number of carbonyl (C=O) groups excluding carboxylic acids is 2. The average molecular weight is 601 g/mol. The third-order valence-corrected chi connectivity index (χ3v) is 10.1. The SMILES string of the molecule is O=C(c1ccc(N2CCC(CC3CCN(C(=O)[C@H](O)c4ccccc4)CC3)CC2)cc1Cl)N1CCC(c2ccncc2)C1. The zero-order chi connectivity index (χ0) is 29.8. The Kier molecular flexibility index (Phi) is 9.29. The van der Waals surface area contributed by atoms with Gasteiger partial charge in [0.25, 0.3) is 11.8 Å². The van der Waals surface area contributed by atoms with Crippen LogP contribution in [0.3, 0.4) is 0 Å². The van der Waals surface area contributed by atoms with E-state index in [0.29, 0.717) is 40.4 Å². The van der Waals surface area contributed by atoms with Crippen LogP contribution >= 0.6 is 11.6 Å². The van der Waals surface area contributed by atoms with E-state index in [4.69, 9.17) is 11.6 Å². The van der Waals surface area contributed by atoms with Crippen molar-refractivity contribution < 1.29 is 14.7 Å². The first kappa shape index (κ1) is 29.6. The van der Waals surface area contributed by atoms with Crippen LogP contribution in [0.4, 0.5) is 5.69 Å². The summed E-state index contributed by atoms with van der Waals surface area (Å²) in [5, 5.41) is 11.0. The lowest BCUT2D eigenvalue weighted by Crippen LogP contribution is -2.42. The Hall–Kier alpha value is -3.42. The number of anilines is 1. The second-order valence-corrected chi connectivity index (χ2v) is 12.8. The number of halogens is 1. The minimum Gasteiger partial charge on any atom is -0.378 e. The van der Waals surface area contributed by atoms with Gasteiger partial charge in [-0.25, -0.2) is 0 Å². The predicted molar refractivity (Wildman–Crippen MR) is 169 cm³/mol. The van der Waals surface area contributed by atoms with Crippen LogP contribution in [-0.4, -0.2) is 71.0 Å². The highest BCUT2D eigenvalue weighted by Gasteiger charge is 2.31. The van der Waals surface area contributed by atoms with E-state index in [-0.39, 0.29) is 11.8 Å². The second kappa shape index (κ2) is 13.5. The Morgan fingerprint density at radius 3 is 2.16 bits per heavy atom. The van der Waals surface area contributed by atoms with Crippen molar-refractivity contribution in [1.82, 2.24) is 14.8 Å². The minimum atomic E-state index is -1.08. The molecule has 0 bridgehead atoms. The van der Waals surface area contributed by atoms with Gasteiger partial charge < -0.3 is 19.8 Å². The van der Waals surface area contributed by atoms with E-state index in [0.717, 1.165) is 70.5 Å². The fourth-order valence-electron chi connectivity index (χ4n) is 7.14. The number of aromatic nitrogens is 1. The van der Waals surface area contributed by atoms with Crippen LogP contribution in [-0.2, 0) is 4.79 Å². The van der Waals surface area contributed by atoms with Crippen molar-refractivity contribution in [3.8, 4) is 0 Å². The molecular formula is C35H41ClN4O3. The van der Waals surface area contributed by atoms with Crippen molar-refractivity contribution in [2.75, 3.05) is 44.2 Å². The van der Waals surface area contributed by atoms with Crippen LogP contribution in [0.15, 0.2) is 73.1 Å². The summed E-state index contributed by atoms with van der Waals surface area (Å²) in [6.45, 7) is 4.85. The second-order valence-electron chi connectivity index (χ2n) is 12.4. The molecule has 7 nitrogen and oxygen atoms in total. The third kappa shape index (κ3) is 6.89. The smallest absolute Gasteiger partial charge is 0.256 e. The zero-order valence-electron chi connectivity index (χ0n) is 24.7. The van der Waals surface area contributed by atoms with E-state index in [2.05, 4.69) is 9.88 Å². The molecule has 3 aliphatic heterocycles. The molecule has 0 radical (unpaired) electrons. The van der Waals surface area contributed by atoms with Crippen molar-refractivity contribution in [2.24, 2.45) is 11.8 Å². The number of carbonyl (C=O) groups is 2. The molecule has 1 aromatic heterocycles. The van der Waals surface area contributed by atoms with Crippen LogP contribution < -0.4 is 4.90 Å². The molecule has 3 saturated heterocycles. The number of benzene rings is 2. The Bertz CT molecular complexity index is 1390. The number of hydrogen-bond donors (Lipinski definition) is 1. The quantitative estimate of drug-likeness (QED) is 0.363. The summed E-state index contributed by atoms with van der Waals surface area (Å²) in [5.41, 5.74) is 3.55. The van der Waals surface area contributed by atoms with Gasteiger partial charge in [0.1, 0.15) is 0 Å². The van der Waals surface area contributed by atoms with Gasteiger partial charge in [0.2, 0.25) is 0 Å². The van der Waals surface area contributed by atoms with Crippen LogP contribution in [0, 0.1) is 11.8 Å². The molecule has 3 aliphatic rings. The number of aliphatic hydroxyl groups excluding tert-OH is 1. The Morgan fingerprint density at radius 1 is 0.837 bits per heavy atom. The van der Waals surface area contributed by atoms with Gasteiger partial charge in [-0.2, -0.15) is 0 Å². The lowest BCUT2D eigenvalue weighted by atomic mass is 9.82. The Morgan fingerprint density at radius 2 is 1.49 bits per heavy atom. The topological polar surface area (TPSA) is 77.0 Å². The minimum absolute atomic E-state index is 0.00846. The van der Waals surface area contributed by atoms with Crippen molar-refractivity contribution in [1.29, 1.82) is 0 Å². The maximum atomic E-state index is 13.3. The van der Waals surface area contributed by atoms with Gasteiger partial charge in [-0.1, -0.05) is 41.9 Å². The Labute approximate surface area is 259 Å². The first-order valence-corrected chi connectivity index (χ1v) is 16.1. The van der Waals surface area contributed by atoms with E-state index in [1.54, 1.807) is 12.1 Å². The molecule has 6 rings (SSSR count). The normalized spacial score (nSPS) is 20.8. The number of aliphatic hydroxyl groups is 1. The van der Waals surface area contributed by atoms with E-state index >= 15 is 0 Å². The van der Waals surface area contributed by atoms with Gasteiger partial charge in [-0.3, -0.25) is 14.6 Å². The maximum absolute atomic E-state index is 13.3.